The number of methoxy groups -OCH3 is 2. The van der Waals surface area contributed by atoms with Crippen LogP contribution < -0.4 is 9.47 Å². The summed E-state index contributed by atoms with van der Waals surface area (Å²) < 4.78 is 15.2. The number of hydrogen-bond donors (Lipinski definition) is 1. The van der Waals surface area contributed by atoms with Crippen LogP contribution in [0.2, 0.25) is 0 Å². The van der Waals surface area contributed by atoms with Crippen LogP contribution in [0.25, 0.3) is 0 Å². The number of carbonyl (C=O) groups excluding carboxylic acids is 1. The molecule has 0 radical (unpaired) electrons. The minimum atomic E-state index is -0.583. The highest BCUT2D eigenvalue weighted by Crippen LogP contribution is 2.35. The number of nitrogens with zero attached hydrogens (tertiary/aromatic N) is 2. The maximum atomic E-state index is 12.7. The zero-order chi connectivity index (χ0) is 16.4. The highest BCUT2D eigenvalue weighted by molar-refractivity contribution is 5.92. The Morgan fingerprint density at radius 3 is 2.87 bits per heavy atom. The van der Waals surface area contributed by atoms with E-state index in [1.54, 1.807) is 12.0 Å². The molecule has 0 saturated carbocycles. The Balaban J connectivity index is 1.88. The normalized spacial score (nSPS) is 20.6. The van der Waals surface area contributed by atoms with Gasteiger partial charge in [-0.2, -0.15) is 0 Å². The molecule has 1 fully saturated rings. The fraction of sp³-hybridized carbons (Fsp3) is 0.375. The lowest BCUT2D eigenvalue weighted by molar-refractivity contribution is 0.0673. The van der Waals surface area contributed by atoms with Gasteiger partial charge in [-0.25, -0.2) is 0 Å². The highest BCUT2D eigenvalue weighted by atomic mass is 16.5. The predicted molar refractivity (Wildman–Crippen MR) is 80.5 cm³/mol. The van der Waals surface area contributed by atoms with E-state index in [1.807, 2.05) is 24.3 Å². The molecule has 3 rings (SSSR count). The number of aromatic nitrogens is 1. The van der Waals surface area contributed by atoms with E-state index in [1.165, 1.54) is 13.2 Å². The SMILES string of the molecule is COc1cccc([C@@H]2C[C@@H](O)CN2C(=O)c2cc(OC)no2)c1. The molecule has 1 aliphatic heterocycles. The molecule has 0 bridgehead atoms. The van der Waals surface area contributed by atoms with Crippen molar-refractivity contribution in [2.24, 2.45) is 0 Å². The van der Waals surface area contributed by atoms with Gasteiger partial charge in [0.25, 0.3) is 11.8 Å². The molecule has 1 N–H and O–H groups in total. The van der Waals surface area contributed by atoms with Crippen LogP contribution >= 0.6 is 0 Å². The number of benzene rings is 1. The predicted octanol–water partition coefficient (Wildman–Crippen LogP) is 1.64. The standard InChI is InChI=1S/C16H18N2O5/c1-21-12-5-3-4-10(6-12)13-7-11(19)9-18(13)16(20)14-8-15(22-2)17-23-14/h3-6,8,11,13,19H,7,9H2,1-2H3/t11-,13+/m1/s1. The molecule has 7 heteroatoms. The number of likely N-dealkylation sites (tertiary alicyclic amines) is 1. The number of β-amino-alcohol motifs (C(OH)–C–C–N with tert-alkyl or cyclic N) is 1. The second-order valence-electron chi connectivity index (χ2n) is 5.37. The summed E-state index contributed by atoms with van der Waals surface area (Å²) in [5.74, 6) is 0.706. The fourth-order valence-corrected chi connectivity index (χ4v) is 2.80. The molecule has 0 aliphatic carbocycles. The third kappa shape index (κ3) is 3.00. The quantitative estimate of drug-likeness (QED) is 0.922. The van der Waals surface area contributed by atoms with Crippen LogP contribution in [0.3, 0.4) is 0 Å². The van der Waals surface area contributed by atoms with E-state index in [4.69, 9.17) is 14.0 Å². The van der Waals surface area contributed by atoms with Crippen molar-refractivity contribution in [3.8, 4) is 11.6 Å². The molecule has 1 amide bonds. The van der Waals surface area contributed by atoms with Crippen molar-refractivity contribution in [3.63, 3.8) is 0 Å². The number of aliphatic hydroxyl groups is 1. The molecule has 1 aliphatic rings. The smallest absolute Gasteiger partial charge is 0.293 e. The van der Waals surface area contributed by atoms with E-state index in [9.17, 15) is 9.90 Å². The Labute approximate surface area is 133 Å². The van der Waals surface area contributed by atoms with Gasteiger partial charge >= 0.3 is 0 Å². The monoisotopic (exact) mass is 318 g/mol. The molecule has 7 nitrogen and oxygen atoms in total. The summed E-state index contributed by atoms with van der Waals surface area (Å²) >= 11 is 0. The highest BCUT2D eigenvalue weighted by Gasteiger charge is 2.37. The number of hydrogen-bond acceptors (Lipinski definition) is 6. The minimum Gasteiger partial charge on any atom is -0.497 e. The Hall–Kier alpha value is -2.54. The second-order valence-corrected chi connectivity index (χ2v) is 5.37. The van der Waals surface area contributed by atoms with Crippen molar-refractivity contribution in [1.29, 1.82) is 0 Å². The van der Waals surface area contributed by atoms with Gasteiger partial charge in [0.15, 0.2) is 0 Å². The average molecular weight is 318 g/mol. The van der Waals surface area contributed by atoms with E-state index in [0.717, 1.165) is 5.56 Å². The van der Waals surface area contributed by atoms with Crippen LogP contribution in [0.4, 0.5) is 0 Å². The summed E-state index contributed by atoms with van der Waals surface area (Å²) in [6.07, 6.45) is -0.121. The summed E-state index contributed by atoms with van der Waals surface area (Å²) in [7, 11) is 3.04. The van der Waals surface area contributed by atoms with Gasteiger partial charge in [-0.3, -0.25) is 4.79 Å². The van der Waals surface area contributed by atoms with Crippen molar-refractivity contribution in [1.82, 2.24) is 10.1 Å². The molecule has 1 aromatic heterocycles. The Morgan fingerprint density at radius 1 is 1.35 bits per heavy atom. The van der Waals surface area contributed by atoms with E-state index in [0.29, 0.717) is 12.2 Å². The topological polar surface area (TPSA) is 85.0 Å². The second kappa shape index (κ2) is 6.29. The first-order chi connectivity index (χ1) is 11.1. The number of carbonyl (C=O) groups is 1. The Kier molecular flexibility index (Phi) is 4.20. The van der Waals surface area contributed by atoms with E-state index in [2.05, 4.69) is 5.16 Å². The number of amides is 1. The van der Waals surface area contributed by atoms with Gasteiger partial charge in [-0.05, 0) is 29.3 Å². The van der Waals surface area contributed by atoms with Crippen LogP contribution in [0.15, 0.2) is 34.9 Å². The molecular weight excluding hydrogens is 300 g/mol. The lowest BCUT2D eigenvalue weighted by Crippen LogP contribution is -2.31. The van der Waals surface area contributed by atoms with Crippen molar-refractivity contribution in [2.75, 3.05) is 20.8 Å². The largest absolute Gasteiger partial charge is 0.497 e. The number of aliphatic hydroxyl groups excluding tert-OH is 1. The van der Waals surface area contributed by atoms with Crippen LogP contribution in [0.5, 0.6) is 11.6 Å². The zero-order valence-corrected chi connectivity index (χ0v) is 12.9. The summed E-state index contributed by atoms with van der Waals surface area (Å²) in [4.78, 5) is 14.2. The van der Waals surface area contributed by atoms with Crippen molar-refractivity contribution in [3.05, 3.63) is 41.7 Å². The van der Waals surface area contributed by atoms with Crippen molar-refractivity contribution < 1.29 is 23.9 Å². The first-order valence-corrected chi connectivity index (χ1v) is 7.26. The van der Waals surface area contributed by atoms with Gasteiger partial charge in [0.2, 0.25) is 5.76 Å². The number of rotatable bonds is 4. The molecule has 0 spiro atoms. The lowest BCUT2D eigenvalue weighted by atomic mass is 10.0. The molecule has 2 heterocycles. The van der Waals surface area contributed by atoms with Gasteiger partial charge in [0, 0.05) is 6.54 Å². The molecule has 1 aromatic carbocycles. The van der Waals surface area contributed by atoms with Gasteiger partial charge in [-0.15, -0.1) is 0 Å². The number of ether oxygens (including phenoxy) is 2. The summed E-state index contributed by atoms with van der Waals surface area (Å²) in [6.45, 7) is 0.240. The molecule has 23 heavy (non-hydrogen) atoms. The van der Waals surface area contributed by atoms with Gasteiger partial charge in [0.1, 0.15) is 5.75 Å². The maximum absolute atomic E-state index is 12.7. The van der Waals surface area contributed by atoms with Gasteiger partial charge in [-0.1, -0.05) is 12.1 Å². The van der Waals surface area contributed by atoms with E-state index in [-0.39, 0.29) is 30.1 Å². The third-order valence-corrected chi connectivity index (χ3v) is 3.93. The Morgan fingerprint density at radius 2 is 2.17 bits per heavy atom. The van der Waals surface area contributed by atoms with Gasteiger partial charge < -0.3 is 24.0 Å². The maximum Gasteiger partial charge on any atom is 0.293 e. The van der Waals surface area contributed by atoms with Crippen molar-refractivity contribution >= 4 is 5.91 Å². The first kappa shape index (κ1) is 15.4. The van der Waals surface area contributed by atoms with Gasteiger partial charge in [0.05, 0.1) is 32.4 Å². The zero-order valence-electron chi connectivity index (χ0n) is 12.9. The van der Waals surface area contributed by atoms with Crippen LogP contribution in [0, 0.1) is 0 Å². The van der Waals surface area contributed by atoms with Crippen LogP contribution in [-0.2, 0) is 0 Å². The molecule has 1 saturated heterocycles. The third-order valence-electron chi connectivity index (χ3n) is 3.93. The van der Waals surface area contributed by atoms with Crippen molar-refractivity contribution in [2.45, 2.75) is 18.6 Å². The van der Waals surface area contributed by atoms with E-state index < -0.39 is 6.10 Å². The molecular formula is C16H18N2O5. The molecule has 0 unspecified atom stereocenters. The average Bonchev–Trinajstić information content (AvgIpc) is 3.20. The summed E-state index contributed by atoms with van der Waals surface area (Å²) in [6, 6.07) is 8.66. The summed E-state index contributed by atoms with van der Waals surface area (Å²) in [5, 5.41) is 13.7. The van der Waals surface area contributed by atoms with E-state index >= 15 is 0 Å². The fourth-order valence-electron chi connectivity index (χ4n) is 2.80. The summed E-state index contributed by atoms with van der Waals surface area (Å²) in [5.41, 5.74) is 0.903. The molecule has 2 atom stereocenters. The Bertz CT molecular complexity index is 699. The van der Waals surface area contributed by atoms with Crippen LogP contribution in [-0.4, -0.2) is 47.9 Å². The minimum absolute atomic E-state index is 0.0869. The lowest BCUT2D eigenvalue weighted by Gasteiger charge is -2.23. The molecule has 2 aromatic rings. The van der Waals surface area contributed by atoms with Crippen LogP contribution in [0.1, 0.15) is 28.6 Å². The first-order valence-electron chi connectivity index (χ1n) is 7.26. The molecule has 122 valence electrons.